The van der Waals surface area contributed by atoms with Crippen molar-refractivity contribution in [1.29, 1.82) is 0 Å². The number of carbonyl (C=O) groups is 4. The van der Waals surface area contributed by atoms with E-state index in [9.17, 15) is 24.0 Å². The van der Waals surface area contributed by atoms with Crippen LogP contribution in [0.3, 0.4) is 0 Å². The smallest absolute Gasteiger partial charge is 0.303 e. The molecule has 1 aliphatic heterocycles. The van der Waals surface area contributed by atoms with Crippen molar-refractivity contribution in [2.75, 3.05) is 34.2 Å². The van der Waals surface area contributed by atoms with Crippen molar-refractivity contribution in [3.63, 3.8) is 0 Å². The summed E-state index contributed by atoms with van der Waals surface area (Å²) < 4.78 is 45.6. The van der Waals surface area contributed by atoms with Crippen LogP contribution in [0.15, 0.2) is 34.0 Å². The molecule has 1 aliphatic carbocycles. The standard InChI is InChI=1S/C34H41NO13S/c1-16(36)44-15-26-30(45-17(2)37)32(46-18(3)38)33(47-19(4)39)34(48-26)35-23-11-9-20-13-25(41-5)29(42-6)31(43-7)28(20)21-10-12-27(49-8)24(40)14-22(21)23/h10,12-14,23,26,30,32-35H,9,11,15H2,1-8H3/t23-,26+,30+,32-,33+,34+/m0/s1. The molecule has 2 aromatic carbocycles. The monoisotopic (exact) mass is 703 g/mol. The zero-order valence-corrected chi connectivity index (χ0v) is 29.4. The minimum absolute atomic E-state index is 0.231. The van der Waals surface area contributed by atoms with Gasteiger partial charge in [0.05, 0.1) is 26.2 Å². The first-order valence-electron chi connectivity index (χ1n) is 15.4. The van der Waals surface area contributed by atoms with E-state index >= 15 is 0 Å². The van der Waals surface area contributed by atoms with Crippen molar-refractivity contribution in [2.24, 2.45) is 0 Å². The molecule has 1 fully saturated rings. The number of ether oxygens (including phenoxy) is 8. The Bertz CT molecular complexity index is 1650. The van der Waals surface area contributed by atoms with E-state index in [1.54, 1.807) is 12.3 Å². The molecule has 14 nitrogen and oxygen atoms in total. The van der Waals surface area contributed by atoms with E-state index in [0.29, 0.717) is 51.7 Å². The molecule has 4 rings (SSSR count). The lowest BCUT2D eigenvalue weighted by Gasteiger charge is -2.45. The number of aryl methyl sites for hydroxylation is 1. The quantitative estimate of drug-likeness (QED) is 0.206. The molecule has 6 atom stereocenters. The minimum Gasteiger partial charge on any atom is -0.493 e. The molecule has 2 aliphatic rings. The largest absolute Gasteiger partial charge is 0.493 e. The summed E-state index contributed by atoms with van der Waals surface area (Å²) in [5.74, 6) is -1.59. The molecule has 0 saturated carbocycles. The van der Waals surface area contributed by atoms with E-state index < -0.39 is 60.6 Å². The molecule has 266 valence electrons. The van der Waals surface area contributed by atoms with Crippen molar-refractivity contribution >= 4 is 35.6 Å². The Hall–Kier alpha value is -4.34. The summed E-state index contributed by atoms with van der Waals surface area (Å²) in [6.07, 6.45) is -3.73. The first kappa shape index (κ1) is 37.5. The average Bonchev–Trinajstić information content (AvgIpc) is 3.29. The summed E-state index contributed by atoms with van der Waals surface area (Å²) in [4.78, 5) is 62.8. The van der Waals surface area contributed by atoms with Crippen LogP contribution in [-0.4, -0.2) is 88.7 Å². The Morgan fingerprint density at radius 2 is 1.47 bits per heavy atom. The van der Waals surface area contributed by atoms with E-state index in [4.69, 9.17) is 37.9 Å². The maximum absolute atomic E-state index is 13.5. The van der Waals surface area contributed by atoms with Gasteiger partial charge in [0.15, 0.2) is 41.5 Å². The highest BCUT2D eigenvalue weighted by Crippen LogP contribution is 2.50. The molecule has 0 radical (unpaired) electrons. The van der Waals surface area contributed by atoms with Crippen LogP contribution < -0.4 is 25.0 Å². The second-order valence-electron chi connectivity index (χ2n) is 11.3. The zero-order valence-electron chi connectivity index (χ0n) is 28.6. The van der Waals surface area contributed by atoms with Gasteiger partial charge in [-0.25, -0.2) is 0 Å². The Morgan fingerprint density at radius 1 is 0.837 bits per heavy atom. The Kier molecular flexibility index (Phi) is 12.5. The lowest BCUT2D eigenvalue weighted by Crippen LogP contribution is -2.65. The number of hydrogen-bond donors (Lipinski definition) is 1. The third-order valence-corrected chi connectivity index (χ3v) is 8.85. The lowest BCUT2D eigenvalue weighted by atomic mass is 9.94. The van der Waals surface area contributed by atoms with Gasteiger partial charge in [-0.3, -0.25) is 29.3 Å². The van der Waals surface area contributed by atoms with Gasteiger partial charge in [0.2, 0.25) is 5.75 Å². The molecule has 2 aromatic rings. The molecule has 0 bridgehead atoms. The maximum Gasteiger partial charge on any atom is 0.303 e. The highest BCUT2D eigenvalue weighted by atomic mass is 32.2. The van der Waals surface area contributed by atoms with Crippen molar-refractivity contribution < 1.29 is 57.1 Å². The van der Waals surface area contributed by atoms with E-state index in [2.05, 4.69) is 5.32 Å². The molecule has 1 N–H and O–H groups in total. The van der Waals surface area contributed by atoms with Gasteiger partial charge in [0.25, 0.3) is 0 Å². The molecule has 0 unspecified atom stereocenters. The van der Waals surface area contributed by atoms with Crippen molar-refractivity contribution in [1.82, 2.24) is 5.32 Å². The zero-order chi connectivity index (χ0) is 36.0. The number of benzene rings is 1. The van der Waals surface area contributed by atoms with E-state index in [1.807, 2.05) is 12.1 Å². The fourth-order valence-electron chi connectivity index (χ4n) is 6.20. The summed E-state index contributed by atoms with van der Waals surface area (Å²) in [6, 6.07) is 6.33. The number of fused-ring (bicyclic) bond motifs is 3. The highest BCUT2D eigenvalue weighted by Gasteiger charge is 2.52. The van der Waals surface area contributed by atoms with E-state index in [0.717, 1.165) is 19.4 Å². The molecule has 1 saturated heterocycles. The summed E-state index contributed by atoms with van der Waals surface area (Å²) in [5.41, 5.74) is 2.55. The van der Waals surface area contributed by atoms with Gasteiger partial charge < -0.3 is 37.9 Å². The van der Waals surface area contributed by atoms with Gasteiger partial charge in [-0.05, 0) is 54.0 Å². The normalized spacial score (nSPS) is 22.7. The maximum atomic E-state index is 13.5. The van der Waals surface area contributed by atoms with Crippen molar-refractivity contribution in [2.45, 2.75) is 82.1 Å². The third-order valence-electron chi connectivity index (χ3n) is 8.08. The number of thioether (sulfide) groups is 1. The first-order chi connectivity index (χ1) is 23.3. The molecular formula is C34H41NO13S. The number of nitrogens with one attached hydrogen (secondary N) is 1. The van der Waals surface area contributed by atoms with Crippen LogP contribution in [0.4, 0.5) is 0 Å². The van der Waals surface area contributed by atoms with Crippen LogP contribution in [-0.2, 0) is 49.3 Å². The Labute approximate surface area is 288 Å². The molecular weight excluding hydrogens is 662 g/mol. The first-order valence-corrected chi connectivity index (χ1v) is 16.7. The van der Waals surface area contributed by atoms with Crippen LogP contribution in [0.1, 0.15) is 51.3 Å². The summed E-state index contributed by atoms with van der Waals surface area (Å²) >= 11 is 1.30. The minimum atomic E-state index is -1.36. The third kappa shape index (κ3) is 8.46. The Balaban J connectivity index is 1.91. The predicted molar refractivity (Wildman–Crippen MR) is 176 cm³/mol. The molecule has 49 heavy (non-hydrogen) atoms. The number of carbonyl (C=O) groups excluding carboxylic acids is 4. The average molecular weight is 704 g/mol. The Morgan fingerprint density at radius 3 is 2.04 bits per heavy atom. The number of esters is 4. The van der Waals surface area contributed by atoms with Gasteiger partial charge in [-0.2, -0.15) is 0 Å². The SMILES string of the molecule is COc1cc2c(c(OC)c1OC)-c1ccc(SC)c(=O)cc1[C@@H](N[C@@H]1O[C@H](COC(C)=O)[C@@H](OC(C)=O)[C@H](OC(C)=O)[C@H]1OC(C)=O)CC2. The van der Waals surface area contributed by atoms with E-state index in [-0.39, 0.29) is 12.0 Å². The topological polar surface area (TPSA) is 171 Å². The van der Waals surface area contributed by atoms with Gasteiger partial charge in [0.1, 0.15) is 12.7 Å². The summed E-state index contributed by atoms with van der Waals surface area (Å²) in [6.45, 7) is 4.30. The van der Waals surface area contributed by atoms with Gasteiger partial charge in [0, 0.05) is 39.3 Å². The van der Waals surface area contributed by atoms with E-state index in [1.165, 1.54) is 53.0 Å². The molecule has 15 heteroatoms. The number of hydrogen-bond acceptors (Lipinski definition) is 15. The fourth-order valence-corrected chi connectivity index (χ4v) is 6.66. The summed E-state index contributed by atoms with van der Waals surface area (Å²) in [5, 5.41) is 3.39. The molecule has 0 aromatic heterocycles. The predicted octanol–water partition coefficient (Wildman–Crippen LogP) is 3.12. The van der Waals surface area contributed by atoms with Gasteiger partial charge in [-0.15, -0.1) is 11.8 Å². The number of rotatable bonds is 11. The van der Waals surface area contributed by atoms with Crippen molar-refractivity contribution in [3.05, 3.63) is 45.6 Å². The van der Waals surface area contributed by atoms with Gasteiger partial charge >= 0.3 is 23.9 Å². The second-order valence-corrected chi connectivity index (χ2v) is 12.2. The van der Waals surface area contributed by atoms with Crippen molar-refractivity contribution in [3.8, 4) is 28.4 Å². The molecule has 1 heterocycles. The molecule has 0 spiro atoms. The van der Waals surface area contributed by atoms with Crippen LogP contribution in [0.5, 0.6) is 17.2 Å². The second kappa shape index (κ2) is 16.4. The fraction of sp³-hybridized carbons (Fsp3) is 0.500. The van der Waals surface area contributed by atoms with Crippen LogP contribution in [0.25, 0.3) is 11.1 Å². The number of methoxy groups -OCH3 is 3. The molecule has 0 amide bonds. The van der Waals surface area contributed by atoms with Crippen LogP contribution in [0, 0.1) is 0 Å². The van der Waals surface area contributed by atoms with Crippen LogP contribution in [0.2, 0.25) is 0 Å². The lowest BCUT2D eigenvalue weighted by molar-refractivity contribution is -0.259. The van der Waals surface area contributed by atoms with Gasteiger partial charge in [-0.1, -0.05) is 6.07 Å². The summed E-state index contributed by atoms with van der Waals surface area (Å²) in [7, 11) is 4.55. The van der Waals surface area contributed by atoms with Crippen LogP contribution >= 0.6 is 11.8 Å². The highest BCUT2D eigenvalue weighted by molar-refractivity contribution is 7.98.